The number of non-ortho nitro benzene ring substituents is 1. The van der Waals surface area contributed by atoms with E-state index in [1.54, 1.807) is 0 Å². The minimum atomic E-state index is -0.558. The normalized spacial score (nSPS) is 16.1. The smallest absolute Gasteiger partial charge is 0.271 e. The van der Waals surface area contributed by atoms with Gasteiger partial charge in [-0.2, -0.15) is 0 Å². The van der Waals surface area contributed by atoms with Crippen LogP contribution in [0.2, 0.25) is 0 Å². The van der Waals surface area contributed by atoms with Crippen LogP contribution in [0.1, 0.15) is 0 Å². The molecule has 0 radical (unpaired) electrons. The third-order valence-electron chi connectivity index (χ3n) is 2.25. The van der Waals surface area contributed by atoms with Crippen molar-refractivity contribution >= 4 is 35.0 Å². The predicted molar refractivity (Wildman–Crippen MR) is 62.9 cm³/mol. The van der Waals surface area contributed by atoms with E-state index in [0.29, 0.717) is 0 Å². The Hall–Kier alpha value is -1.89. The molecule has 0 N–H and O–H groups in total. The Morgan fingerprint density at radius 3 is 2.47 bits per heavy atom. The second kappa shape index (κ2) is 4.54. The number of hydrogen-bond donors (Lipinski definition) is 0. The summed E-state index contributed by atoms with van der Waals surface area (Å²) >= 11 is 1.25. The number of carbonyl (C=O) groups excluding carboxylic acids is 2. The molecule has 0 saturated carbocycles. The molecule has 0 spiro atoms. The quantitative estimate of drug-likeness (QED) is 0.449. The van der Waals surface area contributed by atoms with Gasteiger partial charge in [0.15, 0.2) is 0 Å². The Kier molecular flexibility index (Phi) is 3.10. The highest BCUT2D eigenvalue weighted by Gasteiger charge is 2.28. The molecule has 0 atom stereocenters. The highest BCUT2D eigenvalue weighted by atomic mass is 32.2. The van der Waals surface area contributed by atoms with Gasteiger partial charge in [0.1, 0.15) is 0 Å². The summed E-state index contributed by atoms with van der Waals surface area (Å²) in [5.74, 6) is -0.249. The molecule has 2 amide bonds. The van der Waals surface area contributed by atoms with E-state index in [1.807, 2.05) is 0 Å². The fraction of sp³-hybridized carbons (Fsp3) is 0.200. The average molecular weight is 252 g/mol. The lowest BCUT2D eigenvalue weighted by Gasteiger charge is -2.24. The number of nitro groups is 1. The van der Waals surface area contributed by atoms with Crippen LogP contribution in [-0.2, 0) is 9.59 Å². The highest BCUT2D eigenvalue weighted by molar-refractivity contribution is 8.00. The summed E-state index contributed by atoms with van der Waals surface area (Å²) in [7, 11) is 0. The summed E-state index contributed by atoms with van der Waals surface area (Å²) in [6.45, 7) is 0. The summed E-state index contributed by atoms with van der Waals surface area (Å²) in [6, 6.07) is 5.51. The van der Waals surface area contributed by atoms with E-state index in [4.69, 9.17) is 0 Å². The van der Waals surface area contributed by atoms with E-state index in [-0.39, 0.29) is 34.7 Å². The minimum absolute atomic E-state index is 0.138. The number of benzene rings is 1. The molecule has 88 valence electrons. The molecule has 0 bridgehead atoms. The zero-order valence-corrected chi connectivity index (χ0v) is 9.48. The number of hydrogen-bond acceptors (Lipinski definition) is 5. The van der Waals surface area contributed by atoms with Crippen molar-refractivity contribution in [1.82, 2.24) is 0 Å². The second-order valence-corrected chi connectivity index (χ2v) is 4.38. The molecule has 1 aromatic rings. The van der Waals surface area contributed by atoms with Crippen molar-refractivity contribution in [2.45, 2.75) is 0 Å². The number of imide groups is 1. The standard InChI is InChI=1S/C10H8N2O4S/c13-9-5-17-6-10(14)11(9)7-2-1-3-8(4-7)12(15)16/h1-4H,5-6H2. The second-order valence-electron chi connectivity index (χ2n) is 3.39. The predicted octanol–water partition coefficient (Wildman–Crippen LogP) is 1.20. The topological polar surface area (TPSA) is 80.5 Å². The van der Waals surface area contributed by atoms with Gasteiger partial charge in [0.05, 0.1) is 22.1 Å². The maximum atomic E-state index is 11.6. The minimum Gasteiger partial charge on any atom is -0.273 e. The van der Waals surface area contributed by atoms with E-state index >= 15 is 0 Å². The SMILES string of the molecule is O=C1CSCC(=O)N1c1cccc([N+](=O)[O-])c1. The van der Waals surface area contributed by atoms with Crippen molar-refractivity contribution in [3.05, 3.63) is 34.4 Å². The fourth-order valence-electron chi connectivity index (χ4n) is 1.53. The van der Waals surface area contributed by atoms with Crippen LogP contribution in [0.5, 0.6) is 0 Å². The average Bonchev–Trinajstić information content (AvgIpc) is 2.29. The number of nitrogens with zero attached hydrogens (tertiary/aromatic N) is 2. The first kappa shape index (κ1) is 11.6. The van der Waals surface area contributed by atoms with Crippen LogP contribution < -0.4 is 4.90 Å². The van der Waals surface area contributed by atoms with Crippen LogP contribution in [0.25, 0.3) is 0 Å². The molecule has 17 heavy (non-hydrogen) atoms. The van der Waals surface area contributed by atoms with Gasteiger partial charge in [0.2, 0.25) is 11.8 Å². The van der Waals surface area contributed by atoms with E-state index in [0.717, 1.165) is 4.90 Å². The summed E-state index contributed by atoms with van der Waals surface area (Å²) in [4.78, 5) is 34.3. The Morgan fingerprint density at radius 1 is 1.24 bits per heavy atom. The number of amides is 2. The Labute approximate surface area is 101 Å². The number of nitro benzene ring substituents is 1. The molecule has 7 heteroatoms. The summed E-state index contributed by atoms with van der Waals surface area (Å²) in [5.41, 5.74) is 0.121. The van der Waals surface area contributed by atoms with Gasteiger partial charge in [-0.05, 0) is 6.07 Å². The van der Waals surface area contributed by atoms with Gasteiger partial charge in [-0.15, -0.1) is 11.8 Å². The lowest BCUT2D eigenvalue weighted by molar-refractivity contribution is -0.384. The maximum absolute atomic E-state index is 11.6. The zero-order chi connectivity index (χ0) is 12.4. The van der Waals surface area contributed by atoms with Gasteiger partial charge in [-0.1, -0.05) is 6.07 Å². The van der Waals surface area contributed by atoms with Gasteiger partial charge >= 0.3 is 0 Å². The van der Waals surface area contributed by atoms with Gasteiger partial charge in [-0.3, -0.25) is 19.7 Å². The molecule has 1 aliphatic heterocycles. The molecule has 2 rings (SSSR count). The fourth-order valence-corrected chi connectivity index (χ4v) is 2.24. The van der Waals surface area contributed by atoms with Crippen molar-refractivity contribution in [3.63, 3.8) is 0 Å². The monoisotopic (exact) mass is 252 g/mol. The van der Waals surface area contributed by atoms with Crippen molar-refractivity contribution in [2.75, 3.05) is 16.4 Å². The molecular weight excluding hydrogens is 244 g/mol. The number of rotatable bonds is 2. The van der Waals surface area contributed by atoms with Crippen LogP contribution in [0.3, 0.4) is 0 Å². The first-order chi connectivity index (χ1) is 8.09. The Bertz CT molecular complexity index is 487. The van der Waals surface area contributed by atoms with Gasteiger partial charge in [0, 0.05) is 12.1 Å². The van der Waals surface area contributed by atoms with Crippen molar-refractivity contribution in [1.29, 1.82) is 0 Å². The lowest BCUT2D eigenvalue weighted by Crippen LogP contribution is -2.43. The number of thioether (sulfide) groups is 1. The maximum Gasteiger partial charge on any atom is 0.271 e. The van der Waals surface area contributed by atoms with E-state index in [1.165, 1.54) is 36.0 Å². The Balaban J connectivity index is 2.38. The summed E-state index contributed by atoms with van der Waals surface area (Å²) < 4.78 is 0. The molecule has 0 aliphatic carbocycles. The van der Waals surface area contributed by atoms with E-state index in [9.17, 15) is 19.7 Å². The first-order valence-corrected chi connectivity index (χ1v) is 5.93. The third-order valence-corrected chi connectivity index (χ3v) is 3.15. The van der Waals surface area contributed by atoms with Crippen LogP contribution in [-0.4, -0.2) is 28.2 Å². The molecule has 1 aromatic carbocycles. The molecular formula is C10H8N2O4S. The third kappa shape index (κ3) is 2.28. The van der Waals surface area contributed by atoms with Gasteiger partial charge in [-0.25, -0.2) is 4.90 Å². The largest absolute Gasteiger partial charge is 0.273 e. The highest BCUT2D eigenvalue weighted by Crippen LogP contribution is 2.24. The van der Waals surface area contributed by atoms with Crippen molar-refractivity contribution in [3.8, 4) is 0 Å². The zero-order valence-electron chi connectivity index (χ0n) is 8.66. The molecule has 1 saturated heterocycles. The van der Waals surface area contributed by atoms with Crippen LogP contribution in [0.15, 0.2) is 24.3 Å². The van der Waals surface area contributed by atoms with Crippen LogP contribution in [0, 0.1) is 10.1 Å². The molecule has 6 nitrogen and oxygen atoms in total. The van der Waals surface area contributed by atoms with Crippen molar-refractivity contribution < 1.29 is 14.5 Å². The molecule has 0 aromatic heterocycles. The summed E-state index contributed by atoms with van der Waals surface area (Å²) in [6.07, 6.45) is 0. The molecule has 1 aliphatic rings. The van der Waals surface area contributed by atoms with Gasteiger partial charge < -0.3 is 0 Å². The van der Waals surface area contributed by atoms with Crippen LogP contribution in [0.4, 0.5) is 11.4 Å². The molecule has 0 unspecified atom stereocenters. The lowest BCUT2D eigenvalue weighted by atomic mass is 10.2. The first-order valence-electron chi connectivity index (χ1n) is 4.77. The number of carbonyl (C=O) groups is 2. The molecule has 1 fully saturated rings. The van der Waals surface area contributed by atoms with Gasteiger partial charge in [0.25, 0.3) is 5.69 Å². The van der Waals surface area contributed by atoms with Crippen LogP contribution >= 0.6 is 11.8 Å². The molecule has 1 heterocycles. The van der Waals surface area contributed by atoms with E-state index in [2.05, 4.69) is 0 Å². The van der Waals surface area contributed by atoms with Crippen molar-refractivity contribution in [2.24, 2.45) is 0 Å². The van der Waals surface area contributed by atoms with E-state index < -0.39 is 4.92 Å². The Morgan fingerprint density at radius 2 is 1.88 bits per heavy atom. The summed E-state index contributed by atoms with van der Waals surface area (Å²) in [5, 5.41) is 10.6. The number of anilines is 1.